The average molecular weight is 195 g/mol. The molecule has 0 bridgehead atoms. The van der Waals surface area contributed by atoms with Crippen molar-refractivity contribution < 1.29 is 9.90 Å². The van der Waals surface area contributed by atoms with Gasteiger partial charge in [-0.1, -0.05) is 36.2 Å². The highest BCUT2D eigenvalue weighted by atomic mass is 79.9. The summed E-state index contributed by atoms with van der Waals surface area (Å²) in [4.78, 5) is 9.87. The van der Waals surface area contributed by atoms with Gasteiger partial charge in [-0.05, 0) is 5.92 Å². The first kappa shape index (κ1) is 8.95. The van der Waals surface area contributed by atoms with Gasteiger partial charge in [-0.2, -0.15) is 0 Å². The fourth-order valence-corrected chi connectivity index (χ4v) is 0.824. The molecule has 54 valence electrons. The third-order valence-corrected chi connectivity index (χ3v) is 2.67. The van der Waals surface area contributed by atoms with Crippen LogP contribution in [0, 0.1) is 5.92 Å². The van der Waals surface area contributed by atoms with Gasteiger partial charge in [0.1, 0.15) is 4.83 Å². The molecule has 0 radical (unpaired) electrons. The Morgan fingerprint density at radius 1 is 1.78 bits per heavy atom. The highest BCUT2D eigenvalue weighted by Gasteiger charge is 2.18. The zero-order chi connectivity index (χ0) is 7.44. The Balaban J connectivity index is 3.72. The standard InChI is InChI=1S/C6H11BrO2/c1-3-4(2)5(7)6(8)9/h4-5H,3H2,1-2H3,(H,8,9)/t4?,5-/m1/s1. The number of rotatable bonds is 3. The molecule has 0 saturated carbocycles. The molecule has 0 rings (SSSR count). The van der Waals surface area contributed by atoms with E-state index in [1.54, 1.807) is 0 Å². The fourth-order valence-electron chi connectivity index (χ4n) is 0.450. The second kappa shape index (κ2) is 3.88. The van der Waals surface area contributed by atoms with Crippen LogP contribution in [0.2, 0.25) is 0 Å². The Morgan fingerprint density at radius 3 is 2.33 bits per heavy atom. The van der Waals surface area contributed by atoms with Gasteiger partial charge in [0.25, 0.3) is 0 Å². The fraction of sp³-hybridized carbons (Fsp3) is 0.833. The van der Waals surface area contributed by atoms with Crippen molar-refractivity contribution in [2.45, 2.75) is 25.1 Å². The molecule has 0 aromatic heterocycles. The lowest BCUT2D eigenvalue weighted by Crippen LogP contribution is -2.20. The maximum atomic E-state index is 10.3. The van der Waals surface area contributed by atoms with Gasteiger partial charge in [-0.25, -0.2) is 0 Å². The van der Waals surface area contributed by atoms with Gasteiger partial charge in [0.15, 0.2) is 0 Å². The number of hydrogen-bond donors (Lipinski definition) is 1. The van der Waals surface area contributed by atoms with Crippen molar-refractivity contribution in [1.29, 1.82) is 0 Å². The van der Waals surface area contributed by atoms with E-state index in [1.165, 1.54) is 0 Å². The van der Waals surface area contributed by atoms with Crippen LogP contribution < -0.4 is 0 Å². The Labute approximate surface area is 63.4 Å². The van der Waals surface area contributed by atoms with Crippen LogP contribution in [0.3, 0.4) is 0 Å². The molecule has 0 aliphatic rings. The summed E-state index contributed by atoms with van der Waals surface area (Å²) in [5.41, 5.74) is 0. The zero-order valence-electron chi connectivity index (χ0n) is 5.60. The molecule has 0 aromatic rings. The summed E-state index contributed by atoms with van der Waals surface area (Å²) < 4.78 is 0. The highest BCUT2D eigenvalue weighted by molar-refractivity contribution is 9.10. The van der Waals surface area contributed by atoms with Gasteiger partial charge in [-0.3, -0.25) is 4.79 Å². The van der Waals surface area contributed by atoms with Crippen LogP contribution >= 0.6 is 15.9 Å². The predicted molar refractivity (Wildman–Crippen MR) is 39.8 cm³/mol. The summed E-state index contributed by atoms with van der Waals surface area (Å²) >= 11 is 3.07. The van der Waals surface area contributed by atoms with Crippen molar-refractivity contribution in [3.8, 4) is 0 Å². The zero-order valence-corrected chi connectivity index (χ0v) is 7.18. The number of carbonyl (C=O) groups is 1. The van der Waals surface area contributed by atoms with Crippen molar-refractivity contribution >= 4 is 21.9 Å². The number of carboxylic acids is 1. The molecule has 0 heterocycles. The highest BCUT2D eigenvalue weighted by Crippen LogP contribution is 2.15. The molecule has 0 aromatic carbocycles. The first-order valence-corrected chi connectivity index (χ1v) is 3.88. The summed E-state index contributed by atoms with van der Waals surface area (Å²) in [5, 5.41) is 8.44. The molecule has 1 N–H and O–H groups in total. The number of alkyl halides is 1. The second-order valence-electron chi connectivity index (χ2n) is 2.13. The molecule has 0 spiro atoms. The Bertz CT molecular complexity index is 103. The first-order chi connectivity index (χ1) is 4.09. The van der Waals surface area contributed by atoms with Crippen molar-refractivity contribution in [1.82, 2.24) is 0 Å². The summed E-state index contributed by atoms with van der Waals surface area (Å²) in [6.45, 7) is 3.88. The van der Waals surface area contributed by atoms with Crippen LogP contribution in [0.25, 0.3) is 0 Å². The lowest BCUT2D eigenvalue weighted by atomic mass is 10.1. The average Bonchev–Trinajstić information content (AvgIpc) is 1.84. The maximum absolute atomic E-state index is 10.3. The second-order valence-corrected chi connectivity index (χ2v) is 3.11. The van der Waals surface area contributed by atoms with E-state index < -0.39 is 5.97 Å². The van der Waals surface area contributed by atoms with E-state index in [9.17, 15) is 4.79 Å². The van der Waals surface area contributed by atoms with Crippen molar-refractivity contribution in [2.24, 2.45) is 5.92 Å². The minimum atomic E-state index is -0.774. The molecule has 0 saturated heterocycles. The van der Waals surface area contributed by atoms with E-state index in [0.29, 0.717) is 0 Å². The van der Waals surface area contributed by atoms with E-state index in [4.69, 9.17) is 5.11 Å². The lowest BCUT2D eigenvalue weighted by Gasteiger charge is -2.10. The normalized spacial score (nSPS) is 16.8. The van der Waals surface area contributed by atoms with Gasteiger partial charge < -0.3 is 5.11 Å². The largest absolute Gasteiger partial charge is 0.480 e. The molecule has 2 nitrogen and oxygen atoms in total. The molecule has 0 amide bonds. The van der Waals surface area contributed by atoms with Crippen molar-refractivity contribution in [2.75, 3.05) is 0 Å². The topological polar surface area (TPSA) is 37.3 Å². The van der Waals surface area contributed by atoms with E-state index in [0.717, 1.165) is 6.42 Å². The number of halogens is 1. The number of hydrogen-bond acceptors (Lipinski definition) is 1. The van der Waals surface area contributed by atoms with Crippen molar-refractivity contribution in [3.63, 3.8) is 0 Å². The van der Waals surface area contributed by atoms with Crippen LogP contribution in [-0.2, 0) is 4.79 Å². The SMILES string of the molecule is CCC(C)[C@@H](Br)C(=O)O. The third kappa shape index (κ3) is 2.84. The summed E-state index contributed by atoms with van der Waals surface area (Å²) in [6, 6.07) is 0. The summed E-state index contributed by atoms with van der Waals surface area (Å²) in [6.07, 6.45) is 0.891. The van der Waals surface area contributed by atoms with E-state index >= 15 is 0 Å². The lowest BCUT2D eigenvalue weighted by molar-refractivity contribution is -0.137. The first-order valence-electron chi connectivity index (χ1n) is 2.96. The molecule has 1 unspecified atom stereocenters. The molecule has 0 aliphatic heterocycles. The van der Waals surface area contributed by atoms with E-state index in [1.807, 2.05) is 13.8 Å². The summed E-state index contributed by atoms with van der Waals surface area (Å²) in [5.74, 6) is -0.563. The smallest absolute Gasteiger partial charge is 0.317 e. The molecule has 0 fully saturated rings. The Hall–Kier alpha value is -0.0500. The third-order valence-electron chi connectivity index (χ3n) is 1.38. The minimum absolute atomic E-state index is 0.211. The van der Waals surface area contributed by atoms with Gasteiger partial charge in [0.2, 0.25) is 0 Å². The van der Waals surface area contributed by atoms with E-state index in [2.05, 4.69) is 15.9 Å². The van der Waals surface area contributed by atoms with Crippen molar-refractivity contribution in [3.05, 3.63) is 0 Å². The molecular weight excluding hydrogens is 184 g/mol. The van der Waals surface area contributed by atoms with Gasteiger partial charge in [0.05, 0.1) is 0 Å². The van der Waals surface area contributed by atoms with Crippen LogP contribution in [-0.4, -0.2) is 15.9 Å². The van der Waals surface area contributed by atoms with Crippen LogP contribution in [0.4, 0.5) is 0 Å². The van der Waals surface area contributed by atoms with Gasteiger partial charge >= 0.3 is 5.97 Å². The predicted octanol–water partition coefficient (Wildman–Crippen LogP) is 1.88. The van der Waals surface area contributed by atoms with Crippen LogP contribution in [0.1, 0.15) is 20.3 Å². The monoisotopic (exact) mass is 194 g/mol. The molecule has 0 aliphatic carbocycles. The summed E-state index contributed by atoms with van der Waals surface area (Å²) in [7, 11) is 0. The quantitative estimate of drug-likeness (QED) is 0.698. The van der Waals surface area contributed by atoms with E-state index in [-0.39, 0.29) is 10.7 Å². The molecule has 3 heteroatoms. The molecular formula is C6H11BrO2. The Kier molecular flexibility index (Phi) is 3.86. The number of carboxylic acid groups (broad SMARTS) is 1. The van der Waals surface area contributed by atoms with Gasteiger partial charge in [0, 0.05) is 0 Å². The molecule has 2 atom stereocenters. The van der Waals surface area contributed by atoms with Crippen LogP contribution in [0.5, 0.6) is 0 Å². The minimum Gasteiger partial charge on any atom is -0.480 e. The van der Waals surface area contributed by atoms with Crippen LogP contribution in [0.15, 0.2) is 0 Å². The Morgan fingerprint density at radius 2 is 2.22 bits per heavy atom. The maximum Gasteiger partial charge on any atom is 0.317 e. The number of aliphatic carboxylic acids is 1. The van der Waals surface area contributed by atoms with Gasteiger partial charge in [-0.15, -0.1) is 0 Å². The molecule has 9 heavy (non-hydrogen) atoms.